The van der Waals surface area contributed by atoms with Gasteiger partial charge in [0, 0.05) is 5.56 Å². The maximum Gasteiger partial charge on any atom is 0.190 e. The molecule has 5 aliphatic rings. The van der Waals surface area contributed by atoms with Crippen LogP contribution in [0, 0.1) is 0 Å². The zero-order valence-corrected chi connectivity index (χ0v) is 28.8. The molecule has 0 saturated carbocycles. The van der Waals surface area contributed by atoms with Crippen molar-refractivity contribution >= 4 is 0 Å². The van der Waals surface area contributed by atoms with Crippen molar-refractivity contribution in [2.75, 3.05) is 13.2 Å². The summed E-state index contributed by atoms with van der Waals surface area (Å²) < 4.78 is 71.1. The van der Waals surface area contributed by atoms with Crippen LogP contribution in [-0.2, 0) is 65.3 Å². The van der Waals surface area contributed by atoms with Crippen molar-refractivity contribution in [1.82, 2.24) is 0 Å². The summed E-state index contributed by atoms with van der Waals surface area (Å²) in [7, 11) is 0. The minimum Gasteiger partial charge on any atom is -0.368 e. The fourth-order valence-electron chi connectivity index (χ4n) is 7.38. The first-order chi connectivity index (χ1) is 24.2. The van der Waals surface area contributed by atoms with Gasteiger partial charge in [0.2, 0.25) is 0 Å². The smallest absolute Gasteiger partial charge is 0.190 e. The quantitative estimate of drug-likeness (QED) is 0.273. The zero-order valence-electron chi connectivity index (χ0n) is 28.8. The summed E-state index contributed by atoms with van der Waals surface area (Å²) in [6, 6.07) is 29.9. The topological polar surface area (TPSA) is 102 Å². The van der Waals surface area contributed by atoms with Gasteiger partial charge in [-0.3, -0.25) is 0 Å². The van der Waals surface area contributed by atoms with E-state index in [4.69, 9.17) is 52.1 Å². The molecule has 0 amide bonds. The highest BCUT2D eigenvalue weighted by Crippen LogP contribution is 2.45. The summed E-state index contributed by atoms with van der Waals surface area (Å²) in [6.07, 6.45) is -6.16. The number of hydrogen-bond donors (Lipinski definition) is 0. The fourth-order valence-corrected chi connectivity index (χ4v) is 7.38. The SMILES string of the molecule is CC1(C)O[C@H]2[C@@H](O1)[C@@H](CO[C@H]1O[C@@H]3COC(c4ccccc4)O[C@H]3[C@H](OCc3ccccc3)[C@@H]1OCc1ccccc1)O[C@@H]1OC(C)(C)O[C@@H]12. The van der Waals surface area contributed by atoms with Crippen LogP contribution in [-0.4, -0.2) is 86.2 Å². The molecule has 0 N–H and O–H groups in total. The van der Waals surface area contributed by atoms with Gasteiger partial charge in [0.25, 0.3) is 0 Å². The van der Waals surface area contributed by atoms with Gasteiger partial charge >= 0.3 is 0 Å². The van der Waals surface area contributed by atoms with E-state index >= 15 is 0 Å². The number of benzene rings is 3. The van der Waals surface area contributed by atoms with Gasteiger partial charge < -0.3 is 52.1 Å². The Bertz CT molecular complexity index is 1540. The Hall–Kier alpha value is -2.78. The molecule has 50 heavy (non-hydrogen) atoms. The van der Waals surface area contributed by atoms with Crippen molar-refractivity contribution in [3.63, 3.8) is 0 Å². The molecule has 0 aliphatic carbocycles. The second-order valence-electron chi connectivity index (χ2n) is 14.3. The van der Waals surface area contributed by atoms with E-state index in [2.05, 4.69) is 0 Å². The van der Waals surface area contributed by atoms with Crippen LogP contribution in [0.5, 0.6) is 0 Å². The van der Waals surface area contributed by atoms with E-state index in [1.54, 1.807) is 0 Å². The minimum absolute atomic E-state index is 0.112. The van der Waals surface area contributed by atoms with E-state index in [0.29, 0.717) is 13.2 Å². The van der Waals surface area contributed by atoms with Gasteiger partial charge in [-0.25, -0.2) is 0 Å². The van der Waals surface area contributed by atoms with Crippen LogP contribution in [0.2, 0.25) is 0 Å². The molecule has 3 aromatic carbocycles. The number of ether oxygens (including phenoxy) is 11. The third-order valence-electron chi connectivity index (χ3n) is 9.60. The Morgan fingerprint density at radius 2 is 1.16 bits per heavy atom. The fraction of sp³-hybridized carbons (Fsp3) is 0.538. The van der Waals surface area contributed by atoms with Crippen LogP contribution in [0.25, 0.3) is 0 Å². The van der Waals surface area contributed by atoms with Crippen LogP contribution in [0.4, 0.5) is 0 Å². The van der Waals surface area contributed by atoms with Gasteiger partial charge in [-0.05, 0) is 38.8 Å². The standard InChI is InChI=1S/C39H46O11/c1-38(2)47-30-28(45-37-34(32(30)48-38)49-39(3,4)50-37)23-43-36-33(41-21-25-16-10-6-11-17-25)31(40-20-24-14-8-5-9-15-24)29-27(44-36)22-42-35(46-29)26-18-12-7-13-19-26/h5-19,27-37H,20-23H2,1-4H3/t27-,28-,29-,30+,31+,32+,33+,34-,35?,36+,37-/m1/s1. The van der Waals surface area contributed by atoms with Crippen LogP contribution < -0.4 is 0 Å². The first-order valence-corrected chi connectivity index (χ1v) is 17.5. The van der Waals surface area contributed by atoms with Crippen LogP contribution >= 0.6 is 0 Å². The highest BCUT2D eigenvalue weighted by molar-refractivity contribution is 5.18. The molecule has 268 valence electrons. The number of fused-ring (bicyclic) bond motifs is 4. The highest BCUT2D eigenvalue weighted by Gasteiger charge is 2.61. The summed E-state index contributed by atoms with van der Waals surface area (Å²) in [5.74, 6) is -1.66. The first kappa shape index (κ1) is 34.3. The third kappa shape index (κ3) is 7.41. The Kier molecular flexibility index (Phi) is 9.83. The lowest BCUT2D eigenvalue weighted by atomic mass is 9.96. The van der Waals surface area contributed by atoms with Crippen LogP contribution in [0.15, 0.2) is 91.0 Å². The monoisotopic (exact) mass is 690 g/mol. The molecule has 0 radical (unpaired) electrons. The molecular weight excluding hydrogens is 644 g/mol. The van der Waals surface area contributed by atoms with Gasteiger partial charge in [0.1, 0.15) is 48.8 Å². The second kappa shape index (κ2) is 14.3. The average molecular weight is 691 g/mol. The Morgan fingerprint density at radius 3 is 1.84 bits per heavy atom. The van der Waals surface area contributed by atoms with E-state index in [9.17, 15) is 0 Å². The molecular formula is C39H46O11. The summed E-state index contributed by atoms with van der Waals surface area (Å²) in [4.78, 5) is 0. The summed E-state index contributed by atoms with van der Waals surface area (Å²) in [6.45, 7) is 8.55. The van der Waals surface area contributed by atoms with Crippen LogP contribution in [0.1, 0.15) is 50.7 Å². The normalized spacial score (nSPS) is 37.1. The van der Waals surface area contributed by atoms with Crippen molar-refractivity contribution < 1.29 is 52.1 Å². The van der Waals surface area contributed by atoms with Crippen molar-refractivity contribution in [2.24, 2.45) is 0 Å². The maximum atomic E-state index is 6.74. The van der Waals surface area contributed by atoms with Crippen molar-refractivity contribution in [2.45, 2.75) is 120 Å². The minimum atomic E-state index is -0.853. The van der Waals surface area contributed by atoms with Gasteiger partial charge in [0.05, 0.1) is 26.4 Å². The predicted molar refractivity (Wildman–Crippen MR) is 177 cm³/mol. The predicted octanol–water partition coefficient (Wildman–Crippen LogP) is 5.41. The lowest BCUT2D eigenvalue weighted by Crippen LogP contribution is -2.64. The lowest BCUT2D eigenvalue weighted by molar-refractivity contribution is -0.376. The molecule has 5 saturated heterocycles. The van der Waals surface area contributed by atoms with E-state index in [1.807, 2.05) is 119 Å². The maximum absolute atomic E-state index is 6.74. The van der Waals surface area contributed by atoms with Gasteiger partial charge in [-0.1, -0.05) is 91.0 Å². The Labute approximate surface area is 292 Å². The van der Waals surface area contributed by atoms with E-state index in [1.165, 1.54) is 0 Å². The van der Waals surface area contributed by atoms with Gasteiger partial charge in [-0.15, -0.1) is 0 Å². The molecule has 11 atom stereocenters. The first-order valence-electron chi connectivity index (χ1n) is 17.5. The molecule has 11 heteroatoms. The second-order valence-corrected chi connectivity index (χ2v) is 14.3. The molecule has 1 unspecified atom stereocenters. The molecule has 5 fully saturated rings. The van der Waals surface area contributed by atoms with Crippen molar-refractivity contribution in [3.05, 3.63) is 108 Å². The summed E-state index contributed by atoms with van der Waals surface area (Å²) in [5.41, 5.74) is 2.95. The van der Waals surface area contributed by atoms with Crippen molar-refractivity contribution in [1.29, 1.82) is 0 Å². The summed E-state index contributed by atoms with van der Waals surface area (Å²) >= 11 is 0. The average Bonchev–Trinajstić information content (AvgIpc) is 3.63. The molecule has 5 aliphatic heterocycles. The number of rotatable bonds is 10. The number of hydrogen-bond acceptors (Lipinski definition) is 11. The van der Waals surface area contributed by atoms with E-state index in [0.717, 1.165) is 16.7 Å². The Morgan fingerprint density at radius 1 is 0.580 bits per heavy atom. The van der Waals surface area contributed by atoms with E-state index in [-0.39, 0.29) is 13.2 Å². The van der Waals surface area contributed by atoms with Crippen LogP contribution in [0.3, 0.4) is 0 Å². The largest absolute Gasteiger partial charge is 0.368 e. The highest BCUT2D eigenvalue weighted by atomic mass is 16.9. The van der Waals surface area contributed by atoms with Gasteiger partial charge in [0.15, 0.2) is 30.4 Å². The molecule has 0 bridgehead atoms. The van der Waals surface area contributed by atoms with E-state index < -0.39 is 79.3 Å². The van der Waals surface area contributed by atoms with Gasteiger partial charge in [-0.2, -0.15) is 0 Å². The third-order valence-corrected chi connectivity index (χ3v) is 9.60. The molecule has 3 aromatic rings. The molecule has 5 heterocycles. The van der Waals surface area contributed by atoms with Crippen molar-refractivity contribution in [3.8, 4) is 0 Å². The summed E-state index contributed by atoms with van der Waals surface area (Å²) in [5, 5.41) is 0. The molecule has 11 nitrogen and oxygen atoms in total. The zero-order chi connectivity index (χ0) is 34.3. The lowest BCUT2D eigenvalue weighted by Gasteiger charge is -2.49. The molecule has 8 rings (SSSR count). The molecule has 0 aromatic heterocycles. The molecule has 0 spiro atoms. The Balaban J connectivity index is 1.06.